The number of para-hydroxylation sites is 1. The van der Waals surface area contributed by atoms with E-state index in [2.05, 4.69) is 10.1 Å². The second-order valence-corrected chi connectivity index (χ2v) is 4.97. The van der Waals surface area contributed by atoms with Gasteiger partial charge in [0.25, 0.3) is 0 Å². The number of nitriles is 1. The Kier molecular flexibility index (Phi) is 6.72. The van der Waals surface area contributed by atoms with Crippen LogP contribution in [0.15, 0.2) is 48.5 Å². The highest BCUT2D eigenvalue weighted by molar-refractivity contribution is 5.96. The number of hydrogen-bond acceptors (Lipinski definition) is 5. The molecule has 0 atom stereocenters. The van der Waals surface area contributed by atoms with E-state index < -0.39 is 12.6 Å². The number of nitrogens with one attached hydrogen (secondary N) is 1. The lowest BCUT2D eigenvalue weighted by Gasteiger charge is -2.12. The highest BCUT2D eigenvalue weighted by Gasteiger charge is 2.12. The summed E-state index contributed by atoms with van der Waals surface area (Å²) < 4.78 is 33.7. The largest absolute Gasteiger partial charge is 0.462 e. The normalized spacial score (nSPS) is 10.2. The van der Waals surface area contributed by atoms with Gasteiger partial charge in [-0.2, -0.15) is 14.0 Å². The standard InChI is InChI=1S/C18H16F2N2O3/c19-18(20)25-14-9-7-13(8-10-14)22-16-6-2-1-5-15(16)17(23)24-12-4-3-11-21/h1-2,5-10,18,22H,3-4,12H2. The Morgan fingerprint density at radius 3 is 2.56 bits per heavy atom. The van der Waals surface area contributed by atoms with Crippen LogP contribution in [0, 0.1) is 11.3 Å². The van der Waals surface area contributed by atoms with Gasteiger partial charge in [0, 0.05) is 12.1 Å². The number of hydrogen-bond donors (Lipinski definition) is 1. The minimum Gasteiger partial charge on any atom is -0.462 e. The van der Waals surface area contributed by atoms with Crippen LogP contribution < -0.4 is 10.1 Å². The molecular formula is C18H16F2N2O3. The molecule has 130 valence electrons. The summed E-state index contributed by atoms with van der Waals surface area (Å²) in [5.74, 6) is -0.454. The monoisotopic (exact) mass is 346 g/mol. The number of unbranched alkanes of at least 4 members (excludes halogenated alkanes) is 1. The number of anilines is 2. The van der Waals surface area contributed by atoms with Gasteiger partial charge >= 0.3 is 12.6 Å². The van der Waals surface area contributed by atoms with Crippen LogP contribution in [-0.2, 0) is 4.74 Å². The van der Waals surface area contributed by atoms with Gasteiger partial charge in [-0.05, 0) is 42.8 Å². The van der Waals surface area contributed by atoms with Gasteiger partial charge in [0.05, 0.1) is 23.9 Å². The lowest BCUT2D eigenvalue weighted by atomic mass is 10.1. The molecule has 0 saturated heterocycles. The Morgan fingerprint density at radius 1 is 1.16 bits per heavy atom. The van der Waals surface area contributed by atoms with Gasteiger partial charge in [-0.3, -0.25) is 0 Å². The van der Waals surface area contributed by atoms with Crippen LogP contribution in [0.2, 0.25) is 0 Å². The summed E-state index contributed by atoms with van der Waals surface area (Å²) in [7, 11) is 0. The summed E-state index contributed by atoms with van der Waals surface area (Å²) in [6.07, 6.45) is 0.795. The van der Waals surface area contributed by atoms with E-state index in [-0.39, 0.29) is 12.4 Å². The summed E-state index contributed by atoms with van der Waals surface area (Å²) in [5, 5.41) is 11.5. The molecule has 0 fully saturated rings. The number of benzene rings is 2. The molecule has 25 heavy (non-hydrogen) atoms. The van der Waals surface area contributed by atoms with Gasteiger partial charge < -0.3 is 14.8 Å². The Labute approximate surface area is 143 Å². The highest BCUT2D eigenvalue weighted by atomic mass is 19.3. The van der Waals surface area contributed by atoms with Crippen molar-refractivity contribution in [3.05, 3.63) is 54.1 Å². The number of halogens is 2. The van der Waals surface area contributed by atoms with Crippen molar-refractivity contribution in [3.63, 3.8) is 0 Å². The van der Waals surface area contributed by atoms with E-state index >= 15 is 0 Å². The third-order valence-corrected chi connectivity index (χ3v) is 3.17. The van der Waals surface area contributed by atoms with Crippen LogP contribution in [0.4, 0.5) is 20.2 Å². The molecule has 0 aliphatic heterocycles. The zero-order chi connectivity index (χ0) is 18.1. The minimum absolute atomic E-state index is 0.0470. The van der Waals surface area contributed by atoms with Gasteiger partial charge in [-0.25, -0.2) is 4.79 Å². The molecule has 0 unspecified atom stereocenters. The van der Waals surface area contributed by atoms with E-state index in [1.54, 1.807) is 36.4 Å². The van der Waals surface area contributed by atoms with E-state index in [9.17, 15) is 13.6 Å². The van der Waals surface area contributed by atoms with Crippen LogP contribution >= 0.6 is 0 Å². The summed E-state index contributed by atoms with van der Waals surface area (Å²) in [6, 6.07) is 14.7. The Hall–Kier alpha value is -3.14. The fourth-order valence-electron chi connectivity index (χ4n) is 2.04. The lowest BCUT2D eigenvalue weighted by molar-refractivity contribution is -0.0498. The molecule has 1 N–H and O–H groups in total. The van der Waals surface area contributed by atoms with Crippen molar-refractivity contribution in [3.8, 4) is 11.8 Å². The Morgan fingerprint density at radius 2 is 1.88 bits per heavy atom. The van der Waals surface area contributed by atoms with E-state index in [1.807, 2.05) is 6.07 Å². The van der Waals surface area contributed by atoms with Crippen LogP contribution in [0.3, 0.4) is 0 Å². The summed E-state index contributed by atoms with van der Waals surface area (Å²) in [5.41, 5.74) is 1.47. The van der Waals surface area contributed by atoms with Crippen LogP contribution in [0.5, 0.6) is 5.75 Å². The van der Waals surface area contributed by atoms with Gasteiger partial charge in [0.2, 0.25) is 0 Å². The van der Waals surface area contributed by atoms with E-state index in [4.69, 9.17) is 10.00 Å². The van der Waals surface area contributed by atoms with Crippen molar-refractivity contribution >= 4 is 17.3 Å². The number of ether oxygens (including phenoxy) is 2. The second-order valence-electron chi connectivity index (χ2n) is 4.97. The maximum absolute atomic E-state index is 12.2. The van der Waals surface area contributed by atoms with Crippen LogP contribution in [0.1, 0.15) is 23.2 Å². The molecule has 0 heterocycles. The third-order valence-electron chi connectivity index (χ3n) is 3.17. The van der Waals surface area contributed by atoms with Crippen molar-refractivity contribution in [2.24, 2.45) is 0 Å². The molecule has 5 nitrogen and oxygen atoms in total. The summed E-state index contributed by atoms with van der Waals surface area (Å²) in [6.45, 7) is -2.71. The topological polar surface area (TPSA) is 71.3 Å². The zero-order valence-electron chi connectivity index (χ0n) is 13.2. The number of carbonyl (C=O) groups is 1. The molecule has 2 aromatic rings. The number of nitrogens with zero attached hydrogens (tertiary/aromatic N) is 1. The van der Waals surface area contributed by atoms with Gasteiger partial charge in [0.15, 0.2) is 0 Å². The first-order valence-corrected chi connectivity index (χ1v) is 7.55. The van der Waals surface area contributed by atoms with E-state index in [0.717, 1.165) is 0 Å². The molecule has 0 amide bonds. The predicted octanol–water partition coefficient (Wildman–Crippen LogP) is 4.49. The van der Waals surface area contributed by atoms with Crippen molar-refractivity contribution in [1.82, 2.24) is 0 Å². The molecule has 0 aromatic heterocycles. The third kappa shape index (κ3) is 5.77. The fourth-order valence-corrected chi connectivity index (χ4v) is 2.04. The van der Waals surface area contributed by atoms with Crippen molar-refractivity contribution in [1.29, 1.82) is 5.26 Å². The number of alkyl halides is 2. The first-order chi connectivity index (χ1) is 12.1. The average molecular weight is 346 g/mol. The van der Waals surface area contributed by atoms with Gasteiger partial charge in [-0.15, -0.1) is 0 Å². The summed E-state index contributed by atoms with van der Waals surface area (Å²) >= 11 is 0. The number of carbonyl (C=O) groups excluding carboxylic acids is 1. The van der Waals surface area contributed by atoms with Gasteiger partial charge in [-0.1, -0.05) is 12.1 Å². The Bertz CT molecular complexity index is 743. The quantitative estimate of drug-likeness (QED) is 0.563. The fraction of sp³-hybridized carbons (Fsp3) is 0.222. The summed E-state index contributed by atoms with van der Waals surface area (Å²) in [4.78, 5) is 12.1. The SMILES string of the molecule is N#CCCCOC(=O)c1ccccc1Nc1ccc(OC(F)F)cc1. The van der Waals surface area contributed by atoms with Gasteiger partial charge in [0.1, 0.15) is 5.75 Å². The maximum Gasteiger partial charge on any atom is 0.387 e. The Balaban J connectivity index is 2.05. The molecule has 7 heteroatoms. The van der Waals surface area contributed by atoms with Crippen molar-refractivity contribution in [2.45, 2.75) is 19.5 Å². The molecule has 0 aliphatic carbocycles. The molecule has 2 aromatic carbocycles. The first kappa shape index (κ1) is 18.2. The molecular weight excluding hydrogens is 330 g/mol. The number of rotatable bonds is 8. The van der Waals surface area contributed by atoms with E-state index in [0.29, 0.717) is 29.8 Å². The highest BCUT2D eigenvalue weighted by Crippen LogP contribution is 2.24. The molecule has 2 rings (SSSR count). The van der Waals surface area contributed by atoms with Crippen molar-refractivity contribution in [2.75, 3.05) is 11.9 Å². The lowest BCUT2D eigenvalue weighted by Crippen LogP contribution is -2.09. The minimum atomic E-state index is -2.88. The predicted molar refractivity (Wildman–Crippen MR) is 87.9 cm³/mol. The second kappa shape index (κ2) is 9.23. The van der Waals surface area contributed by atoms with Crippen molar-refractivity contribution < 1.29 is 23.0 Å². The molecule has 0 aliphatic rings. The number of esters is 1. The molecule has 0 spiro atoms. The molecule has 0 radical (unpaired) electrons. The van der Waals surface area contributed by atoms with Crippen LogP contribution in [-0.4, -0.2) is 19.2 Å². The molecule has 0 saturated carbocycles. The maximum atomic E-state index is 12.2. The first-order valence-electron chi connectivity index (χ1n) is 7.55. The van der Waals surface area contributed by atoms with Crippen LogP contribution in [0.25, 0.3) is 0 Å². The smallest absolute Gasteiger partial charge is 0.387 e. The average Bonchev–Trinajstić information content (AvgIpc) is 2.60. The zero-order valence-corrected chi connectivity index (χ0v) is 13.2. The molecule has 0 bridgehead atoms. The van der Waals surface area contributed by atoms with E-state index in [1.165, 1.54) is 12.1 Å².